The first-order chi connectivity index (χ1) is 3.79. The van der Waals surface area contributed by atoms with Crippen LogP contribution in [0.2, 0.25) is 0 Å². The van der Waals surface area contributed by atoms with E-state index < -0.39 is 0 Å². The summed E-state index contributed by atoms with van der Waals surface area (Å²) in [5, 5.41) is 0. The maximum absolute atomic E-state index is 3.76. The molecule has 0 amide bonds. The van der Waals surface area contributed by atoms with Crippen molar-refractivity contribution in [2.75, 3.05) is 0 Å². The van der Waals surface area contributed by atoms with E-state index in [1.165, 1.54) is 5.56 Å². The molecule has 50 valence electrons. The van der Waals surface area contributed by atoms with Crippen LogP contribution in [0.15, 0.2) is 24.3 Å². The van der Waals surface area contributed by atoms with Gasteiger partial charge in [-0.3, -0.25) is 0 Å². The molecule has 1 aromatic carbocycles. The van der Waals surface area contributed by atoms with Gasteiger partial charge in [-0.15, -0.1) is 12.1 Å². The van der Waals surface area contributed by atoms with Crippen LogP contribution in [0.4, 0.5) is 0 Å². The molecule has 2 heteroatoms. The van der Waals surface area contributed by atoms with Crippen molar-refractivity contribution in [3.63, 3.8) is 0 Å². The van der Waals surface area contributed by atoms with Crippen molar-refractivity contribution in [3.8, 4) is 0 Å². The molecule has 1 aromatic rings. The second-order valence-corrected chi connectivity index (χ2v) is 1.99. The minimum Gasteiger partial charge on any atom is -1.00 e. The first kappa shape index (κ1) is 12.8. The fourth-order valence-electron chi connectivity index (χ4n) is 0.588. The molecular weight excluding hydrogens is 156 g/mol. The Balaban J connectivity index is 0. The Bertz CT molecular complexity index is 148. The van der Waals surface area contributed by atoms with Gasteiger partial charge in [0.25, 0.3) is 0 Å². The van der Waals surface area contributed by atoms with Crippen molar-refractivity contribution in [2.24, 2.45) is 0 Å². The molecule has 0 N–H and O–H groups in total. The van der Waals surface area contributed by atoms with Crippen LogP contribution in [-0.2, 0) is 0 Å². The third-order valence-electron chi connectivity index (χ3n) is 1.12. The third kappa shape index (κ3) is 4.04. The molecule has 0 aliphatic rings. The Hall–Kier alpha value is 0.146. The number of hydrogen-bond acceptors (Lipinski definition) is 0. The third-order valence-corrected chi connectivity index (χ3v) is 1.12. The molecule has 0 unspecified atom stereocenters. The van der Waals surface area contributed by atoms with E-state index in [4.69, 9.17) is 0 Å². The van der Waals surface area contributed by atoms with Crippen molar-refractivity contribution < 1.29 is 12.4 Å². The van der Waals surface area contributed by atoms with Crippen molar-refractivity contribution in [2.45, 2.75) is 6.92 Å². The quantitative estimate of drug-likeness (QED) is 0.334. The van der Waals surface area contributed by atoms with Gasteiger partial charge in [0.05, 0.1) is 0 Å². The summed E-state index contributed by atoms with van der Waals surface area (Å²) in [7, 11) is 0. The van der Waals surface area contributed by atoms with Crippen LogP contribution in [0.25, 0.3) is 0 Å². The van der Waals surface area contributed by atoms with E-state index in [1.807, 2.05) is 12.1 Å². The Morgan fingerprint density at radius 3 is 1.80 bits per heavy atom. The predicted octanol–water partition coefficient (Wildman–Crippen LogP) is -1.20. The number of aryl methyl sites for hydroxylation is 1. The van der Waals surface area contributed by atoms with Crippen LogP contribution in [0.5, 0.6) is 0 Å². The van der Waals surface area contributed by atoms with Crippen molar-refractivity contribution >= 4 is 23.1 Å². The molecule has 0 nitrogen and oxygen atoms in total. The molecule has 0 spiro atoms. The van der Waals surface area contributed by atoms with Crippen LogP contribution < -0.4 is 12.4 Å². The summed E-state index contributed by atoms with van der Waals surface area (Å²) in [5.41, 5.74) is 2.37. The van der Waals surface area contributed by atoms with E-state index in [0.29, 0.717) is 0 Å². The summed E-state index contributed by atoms with van der Waals surface area (Å²) in [6.45, 7) is 5.83. The van der Waals surface area contributed by atoms with Gasteiger partial charge in [-0.2, -0.15) is 24.6 Å². The summed E-state index contributed by atoms with van der Waals surface area (Å²) in [6.07, 6.45) is 0. The number of benzene rings is 1. The zero-order valence-corrected chi connectivity index (χ0v) is 8.27. The molecule has 0 aliphatic carbocycles. The molecule has 0 aromatic heterocycles. The molecule has 0 saturated carbocycles. The molecule has 1 rings (SSSR count). The topological polar surface area (TPSA) is 0 Å². The van der Waals surface area contributed by atoms with Crippen LogP contribution in [0.1, 0.15) is 11.1 Å². The van der Waals surface area contributed by atoms with E-state index in [0.717, 1.165) is 5.56 Å². The fraction of sp³-hybridized carbons (Fsp3) is 0.125. The largest absolute Gasteiger partial charge is 2.00 e. The standard InChI is InChI=1S/C8H9.ClH.Mg/c1-7-3-5-8(2)6-4-7;;/h3-6H,1H2,2H3;1H;/q-1;;+2/p-1. The number of hydrogen-bond donors (Lipinski definition) is 0. The van der Waals surface area contributed by atoms with E-state index >= 15 is 0 Å². The first-order valence-corrected chi connectivity index (χ1v) is 2.67. The monoisotopic (exact) mass is 164 g/mol. The molecule has 0 aliphatic heterocycles. The van der Waals surface area contributed by atoms with Crippen LogP contribution in [-0.4, -0.2) is 23.1 Å². The van der Waals surface area contributed by atoms with Gasteiger partial charge in [-0.05, 0) is 6.92 Å². The van der Waals surface area contributed by atoms with Crippen LogP contribution in [0, 0.1) is 13.8 Å². The van der Waals surface area contributed by atoms with E-state index in [9.17, 15) is 0 Å². The van der Waals surface area contributed by atoms with Crippen LogP contribution >= 0.6 is 0 Å². The van der Waals surface area contributed by atoms with Gasteiger partial charge in [-0.25, -0.2) is 0 Å². The summed E-state index contributed by atoms with van der Waals surface area (Å²) < 4.78 is 0. The summed E-state index contributed by atoms with van der Waals surface area (Å²) in [5.74, 6) is 0. The average Bonchev–Trinajstić information content (AvgIpc) is 1.77. The SMILES string of the molecule is [CH2-]c1ccc(C)cc1.[Cl-].[Mg+2]. The maximum atomic E-state index is 3.76. The second kappa shape index (κ2) is 5.90. The molecular formula is C8H9ClMg. The normalized spacial score (nSPS) is 7.30. The molecule has 0 radical (unpaired) electrons. The Labute approximate surface area is 84.6 Å². The zero-order valence-electron chi connectivity index (χ0n) is 6.10. The van der Waals surface area contributed by atoms with Crippen molar-refractivity contribution in [1.82, 2.24) is 0 Å². The van der Waals surface area contributed by atoms with Gasteiger partial charge in [0.2, 0.25) is 0 Å². The summed E-state index contributed by atoms with van der Waals surface area (Å²) >= 11 is 0. The van der Waals surface area contributed by atoms with E-state index in [-0.39, 0.29) is 35.5 Å². The van der Waals surface area contributed by atoms with E-state index in [1.54, 1.807) is 0 Å². The molecule has 0 saturated heterocycles. The molecule has 0 heterocycles. The number of halogens is 1. The minimum absolute atomic E-state index is 0. The fourth-order valence-corrected chi connectivity index (χ4v) is 0.588. The van der Waals surface area contributed by atoms with Gasteiger partial charge in [0.15, 0.2) is 0 Å². The van der Waals surface area contributed by atoms with E-state index in [2.05, 4.69) is 26.0 Å². The van der Waals surface area contributed by atoms with Crippen molar-refractivity contribution in [1.29, 1.82) is 0 Å². The first-order valence-electron chi connectivity index (χ1n) is 2.67. The summed E-state index contributed by atoms with van der Waals surface area (Å²) in [6, 6.07) is 8.13. The summed E-state index contributed by atoms with van der Waals surface area (Å²) in [4.78, 5) is 0. The van der Waals surface area contributed by atoms with Gasteiger partial charge >= 0.3 is 23.1 Å². The van der Waals surface area contributed by atoms with Gasteiger partial charge in [0, 0.05) is 0 Å². The van der Waals surface area contributed by atoms with Gasteiger partial charge in [0.1, 0.15) is 0 Å². The Morgan fingerprint density at radius 1 is 1.10 bits per heavy atom. The minimum atomic E-state index is 0. The molecule has 10 heavy (non-hydrogen) atoms. The second-order valence-electron chi connectivity index (χ2n) is 1.99. The Kier molecular flexibility index (Phi) is 7.54. The molecule has 0 atom stereocenters. The molecule has 0 fully saturated rings. The average molecular weight is 165 g/mol. The van der Waals surface area contributed by atoms with Gasteiger partial charge < -0.3 is 12.4 Å². The van der Waals surface area contributed by atoms with Crippen molar-refractivity contribution in [3.05, 3.63) is 42.3 Å². The number of rotatable bonds is 0. The van der Waals surface area contributed by atoms with Crippen LogP contribution in [0.3, 0.4) is 0 Å². The predicted molar refractivity (Wildman–Crippen MR) is 41.4 cm³/mol. The smallest absolute Gasteiger partial charge is 1.00 e. The van der Waals surface area contributed by atoms with Gasteiger partial charge in [-0.1, -0.05) is 5.56 Å². The Morgan fingerprint density at radius 2 is 1.50 bits per heavy atom. The molecule has 0 bridgehead atoms. The maximum Gasteiger partial charge on any atom is 2.00 e. The zero-order chi connectivity index (χ0) is 5.98.